The van der Waals surface area contributed by atoms with Crippen LogP contribution in [0.4, 0.5) is 0 Å². The molecule has 0 rings (SSSR count). The summed E-state index contributed by atoms with van der Waals surface area (Å²) in [5.74, 6) is 0. The molecule has 0 amide bonds. The largest absolute Gasteiger partial charge is 4.00 e. The van der Waals surface area contributed by atoms with Gasteiger partial charge in [0, 0.05) is 0 Å². The Morgan fingerprint density at radius 3 is 0.600 bits per heavy atom. The van der Waals surface area contributed by atoms with E-state index in [9.17, 15) is 0 Å². The fraction of sp³-hybridized carbons (Fsp3) is 0. The van der Waals surface area contributed by atoms with Crippen molar-refractivity contribution >= 4 is 0 Å². The van der Waals surface area contributed by atoms with Gasteiger partial charge in [0.1, 0.15) is 0 Å². The maximum atomic E-state index is 0. The number of hydrogen-bond acceptors (Lipinski definition) is 0. The van der Waals surface area contributed by atoms with Crippen LogP contribution in [0.2, 0.25) is 0 Å². The molecule has 0 aliphatic heterocycles. The molecule has 0 aromatic rings. The zero-order valence-electron chi connectivity index (χ0n) is 2.01. The molecule has 5 heteroatoms. The molecular formula is MnMoO3. The summed E-state index contributed by atoms with van der Waals surface area (Å²) in [4.78, 5) is 0. The third-order valence-electron chi connectivity index (χ3n) is 0. The van der Waals surface area contributed by atoms with Crippen molar-refractivity contribution in [2.24, 2.45) is 0 Å². The Morgan fingerprint density at radius 1 is 0.600 bits per heavy atom. The average Bonchev–Trinajstić information content (AvgIpc) is 0. The second-order valence-electron chi connectivity index (χ2n) is 0. The Bertz CT molecular complexity index is 6.85. The smallest absolute Gasteiger partial charge is 2.00 e. The molecule has 0 bridgehead atoms. The van der Waals surface area contributed by atoms with Gasteiger partial charge in [0.05, 0.1) is 0 Å². The van der Waals surface area contributed by atoms with Crippen molar-refractivity contribution in [3.05, 3.63) is 0 Å². The van der Waals surface area contributed by atoms with Gasteiger partial charge < -0.3 is 16.4 Å². The van der Waals surface area contributed by atoms with E-state index in [1.165, 1.54) is 0 Å². The van der Waals surface area contributed by atoms with Crippen molar-refractivity contribution in [2.45, 2.75) is 0 Å². The van der Waals surface area contributed by atoms with E-state index in [-0.39, 0.29) is 54.6 Å². The fourth-order valence-corrected chi connectivity index (χ4v) is 0. The number of rotatable bonds is 0. The predicted molar refractivity (Wildman–Crippen MR) is 2.06 cm³/mol. The molecule has 0 unspecified atom stereocenters. The monoisotopic (exact) mass is 201 g/mol. The third-order valence-corrected chi connectivity index (χ3v) is 0. The first-order chi connectivity index (χ1) is 0. The van der Waals surface area contributed by atoms with Crippen molar-refractivity contribution in [2.75, 3.05) is 0 Å². The van der Waals surface area contributed by atoms with Gasteiger partial charge in [-0.15, -0.1) is 0 Å². The Labute approximate surface area is 54.8 Å². The van der Waals surface area contributed by atoms with Gasteiger partial charge >= 0.3 is 38.1 Å². The first kappa shape index (κ1) is 133. The van der Waals surface area contributed by atoms with Gasteiger partial charge in [-0.05, 0) is 0 Å². The van der Waals surface area contributed by atoms with Crippen molar-refractivity contribution in [3.63, 3.8) is 0 Å². The van der Waals surface area contributed by atoms with Gasteiger partial charge in [0.2, 0.25) is 0 Å². The molecule has 0 N–H and O–H groups in total. The van der Waals surface area contributed by atoms with Gasteiger partial charge in [0.25, 0.3) is 0 Å². The van der Waals surface area contributed by atoms with Gasteiger partial charge in [-0.25, -0.2) is 0 Å². The Balaban J connectivity index is 0. The fourth-order valence-electron chi connectivity index (χ4n) is 0. The zero-order valence-corrected chi connectivity index (χ0v) is 5.20. The summed E-state index contributed by atoms with van der Waals surface area (Å²) in [5.41, 5.74) is 0. The van der Waals surface area contributed by atoms with E-state index in [4.69, 9.17) is 0 Å². The first-order valence-corrected chi connectivity index (χ1v) is 0. The minimum Gasteiger partial charge on any atom is -2.00 e. The molecule has 3 nitrogen and oxygen atoms in total. The minimum absolute atomic E-state index is 0. The van der Waals surface area contributed by atoms with Crippen molar-refractivity contribution in [1.29, 1.82) is 0 Å². The van der Waals surface area contributed by atoms with E-state index in [0.717, 1.165) is 0 Å². The van der Waals surface area contributed by atoms with Crippen LogP contribution >= 0.6 is 0 Å². The van der Waals surface area contributed by atoms with Crippen LogP contribution in [0.5, 0.6) is 0 Å². The SMILES string of the molecule is [Mn+2].[Mo+4].[O-2].[O-2].[O-2]. The summed E-state index contributed by atoms with van der Waals surface area (Å²) in [6, 6.07) is 0. The third kappa shape index (κ3) is 41.0. The molecule has 0 aliphatic carbocycles. The molecule has 0 heterocycles. The molecule has 0 aliphatic rings. The van der Waals surface area contributed by atoms with Crippen LogP contribution in [-0.4, -0.2) is 0 Å². The van der Waals surface area contributed by atoms with E-state index in [2.05, 4.69) is 0 Å². The Kier molecular flexibility index (Phi) is 1910. The summed E-state index contributed by atoms with van der Waals surface area (Å²) >= 11 is 0. The molecule has 5 heavy (non-hydrogen) atoms. The van der Waals surface area contributed by atoms with Crippen LogP contribution < -0.4 is 0 Å². The summed E-state index contributed by atoms with van der Waals surface area (Å²) in [6.07, 6.45) is 0. The maximum absolute atomic E-state index is 0. The standard InChI is InChI=1S/Mn.Mo.3O/q+2;+4;3*-2. The molecule has 31 valence electrons. The molecule has 1 radical (unpaired) electrons. The van der Waals surface area contributed by atoms with Crippen LogP contribution in [-0.2, 0) is 54.6 Å². The molecular weight excluding hydrogens is 199 g/mol. The van der Waals surface area contributed by atoms with Crippen molar-refractivity contribution in [3.8, 4) is 0 Å². The predicted octanol–water partition coefficient (Wildman–Crippen LogP) is -0.361. The maximum Gasteiger partial charge on any atom is 4.00 e. The summed E-state index contributed by atoms with van der Waals surface area (Å²) < 4.78 is 0. The van der Waals surface area contributed by atoms with Gasteiger partial charge in [0.15, 0.2) is 0 Å². The second-order valence-corrected chi connectivity index (χ2v) is 0. The van der Waals surface area contributed by atoms with Crippen LogP contribution in [0.3, 0.4) is 0 Å². The quantitative estimate of drug-likeness (QED) is 0.477. The van der Waals surface area contributed by atoms with Crippen LogP contribution in [0.1, 0.15) is 0 Å². The van der Waals surface area contributed by atoms with Gasteiger partial charge in [-0.3, -0.25) is 0 Å². The van der Waals surface area contributed by atoms with Crippen molar-refractivity contribution < 1.29 is 54.6 Å². The van der Waals surface area contributed by atoms with Crippen LogP contribution in [0, 0.1) is 0 Å². The van der Waals surface area contributed by atoms with E-state index in [1.54, 1.807) is 0 Å². The van der Waals surface area contributed by atoms with E-state index in [1.807, 2.05) is 0 Å². The van der Waals surface area contributed by atoms with Gasteiger partial charge in [-0.2, -0.15) is 0 Å². The van der Waals surface area contributed by atoms with E-state index < -0.39 is 0 Å². The molecule has 0 aromatic heterocycles. The molecule has 0 saturated heterocycles. The Morgan fingerprint density at radius 2 is 0.600 bits per heavy atom. The first-order valence-electron chi connectivity index (χ1n) is 0. The summed E-state index contributed by atoms with van der Waals surface area (Å²) in [5, 5.41) is 0. The van der Waals surface area contributed by atoms with E-state index >= 15 is 0 Å². The topological polar surface area (TPSA) is 85.5 Å². The molecule has 0 fully saturated rings. The zero-order chi connectivity index (χ0) is 0. The second kappa shape index (κ2) is 71.8. The number of hydrogen-bond donors (Lipinski definition) is 0. The van der Waals surface area contributed by atoms with Crippen LogP contribution in [0.25, 0.3) is 0 Å². The molecule has 0 aromatic carbocycles. The van der Waals surface area contributed by atoms with Crippen LogP contribution in [0.15, 0.2) is 0 Å². The average molecular weight is 199 g/mol. The summed E-state index contributed by atoms with van der Waals surface area (Å²) in [7, 11) is 0. The normalized spacial score (nSPS) is 0. The van der Waals surface area contributed by atoms with Gasteiger partial charge in [-0.1, -0.05) is 0 Å². The van der Waals surface area contributed by atoms with Crippen molar-refractivity contribution in [1.82, 2.24) is 0 Å². The molecule has 0 saturated carbocycles. The molecule has 0 atom stereocenters. The van der Waals surface area contributed by atoms with E-state index in [0.29, 0.717) is 0 Å². The minimum atomic E-state index is 0. The molecule has 0 spiro atoms. The Hall–Kier alpha value is 1.09. The summed E-state index contributed by atoms with van der Waals surface area (Å²) in [6.45, 7) is 0.